The third-order valence-corrected chi connectivity index (χ3v) is 2.99. The molecular weight excluding hydrogens is 274 g/mol. The van der Waals surface area contributed by atoms with Crippen LogP contribution in [0.1, 0.15) is 18.1 Å². The average molecular weight is 288 g/mol. The minimum absolute atomic E-state index is 0.373. The zero-order valence-corrected chi connectivity index (χ0v) is 11.9. The van der Waals surface area contributed by atoms with Gasteiger partial charge in [0.2, 0.25) is 0 Å². The molecule has 0 aromatic heterocycles. The SMILES string of the molecule is CCOc1ccc(Oc2ccc(CCl)cc2C#N)cc1. The first kappa shape index (κ1) is 14.2. The summed E-state index contributed by atoms with van der Waals surface area (Å²) in [7, 11) is 0. The predicted molar refractivity (Wildman–Crippen MR) is 78.4 cm³/mol. The van der Waals surface area contributed by atoms with Crippen molar-refractivity contribution < 1.29 is 9.47 Å². The minimum Gasteiger partial charge on any atom is -0.494 e. The molecule has 0 aliphatic heterocycles. The molecule has 4 heteroatoms. The standard InChI is InChI=1S/C16H14ClNO2/c1-2-19-14-4-6-15(7-5-14)20-16-8-3-12(10-17)9-13(16)11-18/h3-9H,2,10H2,1H3. The van der Waals surface area contributed by atoms with Gasteiger partial charge in [0.15, 0.2) is 0 Å². The highest BCUT2D eigenvalue weighted by Gasteiger charge is 2.06. The monoisotopic (exact) mass is 287 g/mol. The van der Waals surface area contributed by atoms with E-state index in [1.54, 1.807) is 12.1 Å². The number of hydrogen-bond donors (Lipinski definition) is 0. The molecule has 2 rings (SSSR count). The van der Waals surface area contributed by atoms with Gasteiger partial charge >= 0.3 is 0 Å². The maximum Gasteiger partial charge on any atom is 0.145 e. The number of nitriles is 1. The van der Waals surface area contributed by atoms with E-state index < -0.39 is 0 Å². The largest absolute Gasteiger partial charge is 0.494 e. The summed E-state index contributed by atoms with van der Waals surface area (Å²) in [4.78, 5) is 0. The first-order valence-electron chi connectivity index (χ1n) is 6.26. The Morgan fingerprint density at radius 1 is 1.10 bits per heavy atom. The summed E-state index contributed by atoms with van der Waals surface area (Å²) < 4.78 is 11.1. The van der Waals surface area contributed by atoms with Crippen molar-refractivity contribution in [3.05, 3.63) is 53.6 Å². The lowest BCUT2D eigenvalue weighted by atomic mass is 10.1. The van der Waals surface area contributed by atoms with Gasteiger partial charge in [-0.1, -0.05) is 6.07 Å². The fourth-order valence-electron chi connectivity index (χ4n) is 1.73. The number of ether oxygens (including phenoxy) is 2. The van der Waals surface area contributed by atoms with Crippen LogP contribution in [0.4, 0.5) is 0 Å². The first-order valence-corrected chi connectivity index (χ1v) is 6.80. The molecule has 0 aliphatic rings. The molecule has 102 valence electrons. The van der Waals surface area contributed by atoms with Crippen LogP contribution in [-0.2, 0) is 5.88 Å². The Kier molecular flexibility index (Phi) is 4.86. The van der Waals surface area contributed by atoms with Crippen molar-refractivity contribution in [1.82, 2.24) is 0 Å². The van der Waals surface area contributed by atoms with Crippen LogP contribution in [0.15, 0.2) is 42.5 Å². The van der Waals surface area contributed by atoms with Gasteiger partial charge in [0.1, 0.15) is 23.3 Å². The Labute approximate surface area is 123 Å². The van der Waals surface area contributed by atoms with Crippen LogP contribution in [0.5, 0.6) is 17.2 Å². The highest BCUT2D eigenvalue weighted by molar-refractivity contribution is 6.17. The van der Waals surface area contributed by atoms with E-state index in [1.807, 2.05) is 37.3 Å². The van der Waals surface area contributed by atoms with Crippen LogP contribution in [0, 0.1) is 11.3 Å². The summed E-state index contributed by atoms with van der Waals surface area (Å²) in [6, 6.07) is 14.7. The van der Waals surface area contributed by atoms with Gasteiger partial charge < -0.3 is 9.47 Å². The molecule has 0 amide bonds. The smallest absolute Gasteiger partial charge is 0.145 e. The number of halogens is 1. The van der Waals surface area contributed by atoms with Gasteiger partial charge in [0, 0.05) is 5.88 Å². The van der Waals surface area contributed by atoms with Crippen LogP contribution in [0.25, 0.3) is 0 Å². The van der Waals surface area contributed by atoms with E-state index in [2.05, 4.69) is 6.07 Å². The molecule has 0 saturated heterocycles. The zero-order valence-electron chi connectivity index (χ0n) is 11.1. The molecule has 0 fully saturated rings. The maximum absolute atomic E-state index is 9.14. The number of benzene rings is 2. The molecule has 3 nitrogen and oxygen atoms in total. The van der Waals surface area contributed by atoms with E-state index >= 15 is 0 Å². The van der Waals surface area contributed by atoms with Gasteiger partial charge in [-0.15, -0.1) is 11.6 Å². The van der Waals surface area contributed by atoms with E-state index in [-0.39, 0.29) is 0 Å². The summed E-state index contributed by atoms with van der Waals surface area (Å²) in [5.41, 5.74) is 1.36. The Balaban J connectivity index is 2.19. The lowest BCUT2D eigenvalue weighted by molar-refractivity contribution is 0.339. The third kappa shape index (κ3) is 3.43. The van der Waals surface area contributed by atoms with E-state index in [9.17, 15) is 0 Å². The van der Waals surface area contributed by atoms with E-state index in [0.29, 0.717) is 29.5 Å². The van der Waals surface area contributed by atoms with Crippen molar-refractivity contribution in [2.45, 2.75) is 12.8 Å². The molecule has 0 aliphatic carbocycles. The van der Waals surface area contributed by atoms with Crippen molar-refractivity contribution in [3.8, 4) is 23.3 Å². The Bertz CT molecular complexity index is 617. The van der Waals surface area contributed by atoms with Gasteiger partial charge in [-0.05, 0) is 48.9 Å². The lowest BCUT2D eigenvalue weighted by Gasteiger charge is -2.09. The van der Waals surface area contributed by atoms with Crippen LogP contribution in [-0.4, -0.2) is 6.61 Å². The highest BCUT2D eigenvalue weighted by Crippen LogP contribution is 2.27. The second-order valence-corrected chi connectivity index (χ2v) is 4.35. The Morgan fingerprint density at radius 2 is 1.80 bits per heavy atom. The van der Waals surface area contributed by atoms with E-state index in [1.165, 1.54) is 0 Å². The zero-order chi connectivity index (χ0) is 14.4. The van der Waals surface area contributed by atoms with Gasteiger partial charge in [0.25, 0.3) is 0 Å². The highest BCUT2D eigenvalue weighted by atomic mass is 35.5. The molecule has 2 aromatic rings. The average Bonchev–Trinajstić information content (AvgIpc) is 2.50. The summed E-state index contributed by atoms with van der Waals surface area (Å²) in [6.45, 7) is 2.56. The third-order valence-electron chi connectivity index (χ3n) is 2.68. The summed E-state index contributed by atoms with van der Waals surface area (Å²) in [5, 5.41) is 9.14. The van der Waals surface area contributed by atoms with Crippen molar-refractivity contribution in [3.63, 3.8) is 0 Å². The predicted octanol–water partition coefficient (Wildman–Crippen LogP) is 4.49. The fraction of sp³-hybridized carbons (Fsp3) is 0.188. The molecule has 0 heterocycles. The topological polar surface area (TPSA) is 42.2 Å². The number of nitrogens with zero attached hydrogens (tertiary/aromatic N) is 1. The first-order chi connectivity index (χ1) is 9.76. The molecule has 0 spiro atoms. The quantitative estimate of drug-likeness (QED) is 0.761. The molecule has 2 aromatic carbocycles. The fourth-order valence-corrected chi connectivity index (χ4v) is 1.90. The lowest BCUT2D eigenvalue weighted by Crippen LogP contribution is -1.92. The van der Waals surface area contributed by atoms with Gasteiger partial charge in [0.05, 0.1) is 12.2 Å². The second-order valence-electron chi connectivity index (χ2n) is 4.08. The maximum atomic E-state index is 9.14. The summed E-state index contributed by atoms with van der Waals surface area (Å²) >= 11 is 5.75. The number of rotatable bonds is 5. The molecular formula is C16H14ClNO2. The second kappa shape index (κ2) is 6.83. The number of alkyl halides is 1. The Morgan fingerprint density at radius 3 is 2.40 bits per heavy atom. The number of hydrogen-bond acceptors (Lipinski definition) is 3. The molecule has 0 unspecified atom stereocenters. The van der Waals surface area contributed by atoms with Gasteiger partial charge in [-0.2, -0.15) is 5.26 Å². The van der Waals surface area contributed by atoms with Crippen molar-refractivity contribution >= 4 is 11.6 Å². The molecule has 0 saturated carbocycles. The van der Waals surface area contributed by atoms with Gasteiger partial charge in [-0.25, -0.2) is 0 Å². The molecule has 0 radical (unpaired) electrons. The van der Waals surface area contributed by atoms with Crippen LogP contribution in [0.3, 0.4) is 0 Å². The molecule has 20 heavy (non-hydrogen) atoms. The normalized spacial score (nSPS) is 9.85. The summed E-state index contributed by atoms with van der Waals surface area (Å²) in [5.74, 6) is 2.34. The van der Waals surface area contributed by atoms with Gasteiger partial charge in [-0.3, -0.25) is 0 Å². The molecule has 0 atom stereocenters. The van der Waals surface area contributed by atoms with E-state index in [0.717, 1.165) is 11.3 Å². The van der Waals surface area contributed by atoms with Crippen molar-refractivity contribution in [2.75, 3.05) is 6.61 Å². The summed E-state index contributed by atoms with van der Waals surface area (Å²) in [6.07, 6.45) is 0. The Hall–Kier alpha value is -2.18. The van der Waals surface area contributed by atoms with Crippen molar-refractivity contribution in [1.29, 1.82) is 5.26 Å². The van der Waals surface area contributed by atoms with Crippen LogP contribution < -0.4 is 9.47 Å². The molecule has 0 N–H and O–H groups in total. The van der Waals surface area contributed by atoms with E-state index in [4.69, 9.17) is 26.3 Å². The minimum atomic E-state index is 0.373. The van der Waals surface area contributed by atoms with Crippen LogP contribution >= 0.6 is 11.6 Å². The van der Waals surface area contributed by atoms with Crippen LogP contribution in [0.2, 0.25) is 0 Å². The van der Waals surface area contributed by atoms with Crippen molar-refractivity contribution in [2.24, 2.45) is 0 Å². The molecule has 0 bridgehead atoms.